The predicted molar refractivity (Wildman–Crippen MR) is 137 cm³/mol. The number of benzene rings is 2. The number of nitrogens with one attached hydrogen (secondary N) is 2. The molecule has 6 heteroatoms. The highest BCUT2D eigenvalue weighted by atomic mass is 16.3. The summed E-state index contributed by atoms with van der Waals surface area (Å²) < 4.78 is 5.95. The first kappa shape index (κ1) is 23.0. The Hall–Kier alpha value is -3.80. The minimum absolute atomic E-state index is 0.121. The van der Waals surface area contributed by atoms with Crippen molar-refractivity contribution in [3.63, 3.8) is 0 Å². The number of fused-ring (bicyclic) bond motifs is 1. The summed E-state index contributed by atoms with van der Waals surface area (Å²) >= 11 is 0. The normalized spacial score (nSPS) is 15.1. The molecule has 35 heavy (non-hydrogen) atoms. The first-order valence-corrected chi connectivity index (χ1v) is 12.4. The average Bonchev–Trinajstić information content (AvgIpc) is 3.49. The molecule has 0 aliphatic heterocycles. The second-order valence-corrected chi connectivity index (χ2v) is 9.33. The van der Waals surface area contributed by atoms with Gasteiger partial charge in [-0.1, -0.05) is 55.7 Å². The Balaban J connectivity index is 1.52. The Morgan fingerprint density at radius 3 is 2.49 bits per heavy atom. The van der Waals surface area contributed by atoms with Crippen LogP contribution in [0.2, 0.25) is 0 Å². The Morgan fingerprint density at radius 2 is 1.74 bits per heavy atom. The third-order valence-electron chi connectivity index (χ3n) is 6.81. The fourth-order valence-corrected chi connectivity index (χ4v) is 5.05. The number of H-pyrrole nitrogens is 1. The van der Waals surface area contributed by atoms with E-state index in [1.165, 1.54) is 6.42 Å². The van der Waals surface area contributed by atoms with E-state index in [1.807, 2.05) is 73.8 Å². The number of furan rings is 1. The summed E-state index contributed by atoms with van der Waals surface area (Å²) in [6.45, 7) is 1.85. The van der Waals surface area contributed by atoms with Crippen molar-refractivity contribution in [3.8, 4) is 0 Å². The van der Waals surface area contributed by atoms with Gasteiger partial charge in [-0.15, -0.1) is 0 Å². The predicted octanol–water partition coefficient (Wildman–Crippen LogP) is 5.84. The summed E-state index contributed by atoms with van der Waals surface area (Å²) in [5, 5.41) is 4.23. The molecule has 0 spiro atoms. The second-order valence-electron chi connectivity index (χ2n) is 9.33. The zero-order chi connectivity index (χ0) is 24.2. The van der Waals surface area contributed by atoms with Crippen LogP contribution in [0.25, 0.3) is 10.9 Å². The van der Waals surface area contributed by atoms with E-state index in [2.05, 4.69) is 10.3 Å². The fraction of sp³-hybridized carbons (Fsp3) is 0.310. The maximum absolute atomic E-state index is 14.0. The quantitative estimate of drug-likeness (QED) is 0.357. The van der Waals surface area contributed by atoms with E-state index in [-0.39, 0.29) is 24.3 Å². The number of hydrogen-bond acceptors (Lipinski definition) is 3. The summed E-state index contributed by atoms with van der Waals surface area (Å²) in [6, 6.07) is 20.2. The average molecular weight is 470 g/mol. The molecular formula is C29H31N3O3. The summed E-state index contributed by atoms with van der Waals surface area (Å²) in [6.07, 6.45) is 7.38. The minimum atomic E-state index is -0.897. The number of rotatable bonds is 7. The van der Waals surface area contributed by atoms with Crippen LogP contribution in [0.5, 0.6) is 0 Å². The lowest BCUT2D eigenvalue weighted by atomic mass is 9.95. The van der Waals surface area contributed by atoms with Crippen molar-refractivity contribution in [1.29, 1.82) is 0 Å². The zero-order valence-electron chi connectivity index (χ0n) is 20.0. The number of amides is 2. The Labute approximate surface area is 205 Å². The van der Waals surface area contributed by atoms with Crippen LogP contribution in [-0.2, 0) is 16.0 Å². The van der Waals surface area contributed by atoms with Gasteiger partial charge in [0.1, 0.15) is 11.5 Å². The van der Waals surface area contributed by atoms with Crippen molar-refractivity contribution in [2.45, 2.75) is 57.5 Å². The molecule has 0 saturated heterocycles. The summed E-state index contributed by atoms with van der Waals surface area (Å²) in [4.78, 5) is 32.6. The molecule has 2 amide bonds. The van der Waals surface area contributed by atoms with Crippen molar-refractivity contribution in [2.75, 3.05) is 4.90 Å². The Kier molecular flexibility index (Phi) is 6.70. The van der Waals surface area contributed by atoms with Crippen LogP contribution in [0.3, 0.4) is 0 Å². The van der Waals surface area contributed by atoms with E-state index in [0.717, 1.165) is 42.1 Å². The van der Waals surface area contributed by atoms with Crippen LogP contribution >= 0.6 is 0 Å². The third kappa shape index (κ3) is 5.02. The monoisotopic (exact) mass is 469 g/mol. The van der Waals surface area contributed by atoms with Crippen molar-refractivity contribution in [2.24, 2.45) is 0 Å². The smallest absolute Gasteiger partial charge is 0.251 e. The van der Waals surface area contributed by atoms with E-state index < -0.39 is 6.04 Å². The number of para-hydroxylation sites is 2. The van der Waals surface area contributed by atoms with Gasteiger partial charge in [-0.05, 0) is 55.7 Å². The summed E-state index contributed by atoms with van der Waals surface area (Å²) in [7, 11) is 0. The van der Waals surface area contributed by atoms with Gasteiger partial charge in [0.25, 0.3) is 5.91 Å². The van der Waals surface area contributed by atoms with Crippen LogP contribution in [0, 0.1) is 6.92 Å². The highest BCUT2D eigenvalue weighted by Gasteiger charge is 2.36. The Bertz CT molecular complexity index is 1300. The van der Waals surface area contributed by atoms with Crippen LogP contribution in [0.4, 0.5) is 5.69 Å². The van der Waals surface area contributed by atoms with E-state index in [4.69, 9.17) is 4.42 Å². The molecule has 1 saturated carbocycles. The highest BCUT2D eigenvalue weighted by molar-refractivity contribution is 6.03. The maximum atomic E-state index is 14.0. The van der Waals surface area contributed by atoms with E-state index in [1.54, 1.807) is 11.0 Å². The van der Waals surface area contributed by atoms with Gasteiger partial charge < -0.3 is 14.7 Å². The topological polar surface area (TPSA) is 78.3 Å². The molecule has 0 radical (unpaired) electrons. The second kappa shape index (κ2) is 10.2. The van der Waals surface area contributed by atoms with Gasteiger partial charge in [-0.2, -0.15) is 0 Å². The van der Waals surface area contributed by atoms with Gasteiger partial charge in [0.05, 0.1) is 6.42 Å². The molecule has 2 aromatic heterocycles. The number of carbonyl (C=O) groups excluding carboxylic acids is 2. The van der Waals surface area contributed by atoms with E-state index >= 15 is 0 Å². The minimum Gasteiger partial charge on any atom is -0.464 e. The third-order valence-corrected chi connectivity index (χ3v) is 6.81. The number of hydrogen-bond donors (Lipinski definition) is 2. The molecular weight excluding hydrogens is 438 g/mol. The van der Waals surface area contributed by atoms with Gasteiger partial charge in [0.15, 0.2) is 6.04 Å². The number of anilines is 1. The van der Waals surface area contributed by atoms with Crippen molar-refractivity contribution in [1.82, 2.24) is 10.3 Å². The number of nitrogens with zero attached hydrogens (tertiary/aromatic N) is 1. The molecule has 1 atom stereocenters. The van der Waals surface area contributed by atoms with Crippen molar-refractivity contribution >= 4 is 28.4 Å². The molecule has 180 valence electrons. The fourth-order valence-electron chi connectivity index (χ4n) is 5.05. The molecule has 1 unspecified atom stereocenters. The number of aromatic amines is 1. The van der Waals surface area contributed by atoms with Crippen LogP contribution < -0.4 is 10.2 Å². The van der Waals surface area contributed by atoms with E-state index in [0.29, 0.717) is 17.2 Å². The van der Waals surface area contributed by atoms with Gasteiger partial charge in [0.2, 0.25) is 5.91 Å². The van der Waals surface area contributed by atoms with E-state index in [9.17, 15) is 9.59 Å². The van der Waals surface area contributed by atoms with Gasteiger partial charge >= 0.3 is 0 Å². The highest BCUT2D eigenvalue weighted by Crippen LogP contribution is 2.31. The molecule has 5 rings (SSSR count). The number of aryl methyl sites for hydroxylation is 1. The largest absolute Gasteiger partial charge is 0.464 e. The first-order chi connectivity index (χ1) is 17.1. The molecule has 0 bridgehead atoms. The van der Waals surface area contributed by atoms with Crippen molar-refractivity contribution in [3.05, 3.63) is 90.0 Å². The van der Waals surface area contributed by atoms with Crippen molar-refractivity contribution < 1.29 is 14.0 Å². The standard InChI is InChI=1S/C29H31N3O3/c1-20-16-17-26(35-20)28(29(34)31-22-10-4-2-5-11-22)32(23-12-6-3-7-13-23)27(33)18-21-19-30-25-15-9-8-14-24(21)25/h3,6-9,12-17,19,22,28,30H,2,4-5,10-11,18H2,1H3,(H,31,34). The van der Waals surface area contributed by atoms with Crippen LogP contribution in [0.1, 0.15) is 55.2 Å². The molecule has 1 aliphatic carbocycles. The lowest BCUT2D eigenvalue weighted by Gasteiger charge is -2.32. The number of aromatic nitrogens is 1. The molecule has 2 aromatic carbocycles. The lowest BCUT2D eigenvalue weighted by molar-refractivity contribution is -0.127. The van der Waals surface area contributed by atoms with Crippen LogP contribution in [-0.4, -0.2) is 22.8 Å². The van der Waals surface area contributed by atoms with Gasteiger partial charge in [-0.3, -0.25) is 14.5 Å². The van der Waals surface area contributed by atoms with Gasteiger partial charge in [-0.25, -0.2) is 0 Å². The maximum Gasteiger partial charge on any atom is 0.251 e. The molecule has 2 heterocycles. The SMILES string of the molecule is Cc1ccc(C(C(=O)NC2CCCCC2)N(C(=O)Cc2c[nH]c3ccccc23)c2ccccc2)o1. The molecule has 6 nitrogen and oxygen atoms in total. The molecule has 1 fully saturated rings. The van der Waals surface area contributed by atoms with Crippen LogP contribution in [0.15, 0.2) is 77.3 Å². The Morgan fingerprint density at radius 1 is 1.00 bits per heavy atom. The lowest BCUT2D eigenvalue weighted by Crippen LogP contribution is -2.47. The van der Waals surface area contributed by atoms with Gasteiger partial charge in [0, 0.05) is 28.8 Å². The molecule has 4 aromatic rings. The first-order valence-electron chi connectivity index (χ1n) is 12.4. The number of carbonyl (C=O) groups is 2. The summed E-state index contributed by atoms with van der Waals surface area (Å²) in [5.41, 5.74) is 2.54. The molecule has 1 aliphatic rings. The molecule has 2 N–H and O–H groups in total. The summed E-state index contributed by atoms with van der Waals surface area (Å²) in [5.74, 6) is 0.792. The zero-order valence-corrected chi connectivity index (χ0v) is 20.0.